The lowest BCUT2D eigenvalue weighted by atomic mass is 10.3. The predicted molar refractivity (Wildman–Crippen MR) is 73.6 cm³/mol. The van der Waals surface area contributed by atoms with E-state index in [0.29, 0.717) is 0 Å². The molecule has 0 aliphatic rings. The molecule has 1 heterocycles. The molecule has 86 valence electrons. The van der Waals surface area contributed by atoms with Gasteiger partial charge in [-0.3, -0.25) is 9.78 Å². The number of nitrogen functional groups attached to an aromatic ring is 1. The lowest BCUT2D eigenvalue weighted by Crippen LogP contribution is -2.15. The zero-order valence-electron chi connectivity index (χ0n) is 8.72. The lowest BCUT2D eigenvalue weighted by Gasteiger charge is -2.06. The topological polar surface area (TPSA) is 80.9 Å². The molecule has 1 aromatic carbocycles. The Morgan fingerprint density at radius 1 is 1.29 bits per heavy atom. The van der Waals surface area contributed by atoms with Gasteiger partial charge in [-0.25, -0.2) is 4.98 Å². The van der Waals surface area contributed by atoms with Crippen LogP contribution < -0.4 is 11.1 Å². The Labute approximate surface area is 112 Å². The molecule has 2 rings (SSSR count). The molecule has 0 radical (unpaired) electrons. The van der Waals surface area contributed by atoms with Crippen LogP contribution in [0.3, 0.4) is 0 Å². The minimum atomic E-state index is -0.325. The molecular formula is C11H9IN4O. The van der Waals surface area contributed by atoms with Gasteiger partial charge in [0.25, 0.3) is 5.91 Å². The smallest absolute Gasteiger partial charge is 0.275 e. The van der Waals surface area contributed by atoms with Gasteiger partial charge in [0.15, 0.2) is 0 Å². The van der Waals surface area contributed by atoms with Crippen molar-refractivity contribution in [3.8, 4) is 0 Å². The monoisotopic (exact) mass is 340 g/mol. The number of carbonyl (C=O) groups is 1. The number of nitrogens with one attached hydrogen (secondary N) is 1. The second-order valence-corrected chi connectivity index (χ2v) is 4.43. The summed E-state index contributed by atoms with van der Waals surface area (Å²) in [7, 11) is 0. The summed E-state index contributed by atoms with van der Waals surface area (Å²) in [6.45, 7) is 0. The molecule has 6 heteroatoms. The van der Waals surface area contributed by atoms with E-state index in [-0.39, 0.29) is 17.4 Å². The van der Waals surface area contributed by atoms with Crippen LogP contribution in [0.25, 0.3) is 0 Å². The maximum absolute atomic E-state index is 11.8. The van der Waals surface area contributed by atoms with Crippen LogP contribution in [0.1, 0.15) is 10.5 Å². The van der Waals surface area contributed by atoms with Gasteiger partial charge in [-0.1, -0.05) is 12.1 Å². The zero-order valence-corrected chi connectivity index (χ0v) is 10.9. The van der Waals surface area contributed by atoms with E-state index in [2.05, 4.69) is 37.9 Å². The fourth-order valence-corrected chi connectivity index (χ4v) is 1.76. The SMILES string of the molecule is Nc1cncc(C(=O)Nc2ccccc2I)n1. The quantitative estimate of drug-likeness (QED) is 0.819. The minimum Gasteiger partial charge on any atom is -0.382 e. The first-order valence-electron chi connectivity index (χ1n) is 4.80. The molecule has 0 fully saturated rings. The van der Waals surface area contributed by atoms with Crippen LogP contribution in [0, 0.1) is 3.57 Å². The van der Waals surface area contributed by atoms with E-state index in [4.69, 9.17) is 5.73 Å². The summed E-state index contributed by atoms with van der Waals surface area (Å²) < 4.78 is 0.954. The summed E-state index contributed by atoms with van der Waals surface area (Å²) in [5.41, 5.74) is 6.40. The van der Waals surface area contributed by atoms with Crippen LogP contribution in [0.4, 0.5) is 11.5 Å². The third-order valence-electron chi connectivity index (χ3n) is 2.01. The summed E-state index contributed by atoms with van der Waals surface area (Å²) in [6.07, 6.45) is 2.77. The van der Waals surface area contributed by atoms with Crippen molar-refractivity contribution < 1.29 is 4.79 Å². The van der Waals surface area contributed by atoms with Crippen molar-refractivity contribution in [3.05, 3.63) is 45.9 Å². The van der Waals surface area contributed by atoms with E-state index < -0.39 is 0 Å². The number of hydrogen-bond acceptors (Lipinski definition) is 4. The van der Waals surface area contributed by atoms with Crippen LogP contribution in [0.15, 0.2) is 36.7 Å². The van der Waals surface area contributed by atoms with Crippen molar-refractivity contribution in [3.63, 3.8) is 0 Å². The molecule has 1 aromatic heterocycles. The van der Waals surface area contributed by atoms with Gasteiger partial charge in [0.05, 0.1) is 18.1 Å². The highest BCUT2D eigenvalue weighted by molar-refractivity contribution is 14.1. The molecule has 5 nitrogen and oxygen atoms in total. The molecule has 0 spiro atoms. The predicted octanol–water partition coefficient (Wildman–Crippen LogP) is 1.92. The Hall–Kier alpha value is -1.70. The molecule has 0 saturated carbocycles. The number of aromatic nitrogens is 2. The third-order valence-corrected chi connectivity index (χ3v) is 2.95. The van der Waals surface area contributed by atoms with Gasteiger partial charge in [0, 0.05) is 3.57 Å². The van der Waals surface area contributed by atoms with Gasteiger partial charge in [-0.2, -0.15) is 0 Å². The first-order chi connectivity index (χ1) is 8.16. The Balaban J connectivity index is 2.20. The Morgan fingerprint density at radius 2 is 2.06 bits per heavy atom. The van der Waals surface area contributed by atoms with E-state index in [1.165, 1.54) is 12.4 Å². The van der Waals surface area contributed by atoms with Crippen LogP contribution in [0.2, 0.25) is 0 Å². The van der Waals surface area contributed by atoms with Crippen molar-refractivity contribution in [1.82, 2.24) is 9.97 Å². The molecule has 0 saturated heterocycles. The molecule has 1 amide bonds. The second-order valence-electron chi connectivity index (χ2n) is 3.26. The number of benzene rings is 1. The number of rotatable bonds is 2. The number of nitrogens with zero attached hydrogens (tertiary/aromatic N) is 2. The number of amides is 1. The first kappa shape index (κ1) is 11.8. The highest BCUT2D eigenvalue weighted by Crippen LogP contribution is 2.17. The highest BCUT2D eigenvalue weighted by Gasteiger charge is 2.09. The number of nitrogens with two attached hydrogens (primary N) is 1. The second kappa shape index (κ2) is 5.09. The molecular weight excluding hydrogens is 331 g/mol. The molecule has 0 aliphatic carbocycles. The third kappa shape index (κ3) is 2.90. The average Bonchev–Trinajstić information content (AvgIpc) is 2.32. The van der Waals surface area contributed by atoms with Crippen LogP contribution in [-0.2, 0) is 0 Å². The Kier molecular flexibility index (Phi) is 3.52. The van der Waals surface area contributed by atoms with Crippen LogP contribution >= 0.6 is 22.6 Å². The normalized spacial score (nSPS) is 9.94. The van der Waals surface area contributed by atoms with Crippen molar-refractivity contribution in [1.29, 1.82) is 0 Å². The fourth-order valence-electron chi connectivity index (χ4n) is 1.24. The summed E-state index contributed by atoms with van der Waals surface area (Å²) in [5.74, 6) is -0.102. The van der Waals surface area contributed by atoms with Crippen LogP contribution in [0.5, 0.6) is 0 Å². The van der Waals surface area contributed by atoms with Crippen molar-refractivity contribution >= 4 is 40.0 Å². The zero-order chi connectivity index (χ0) is 12.3. The highest BCUT2D eigenvalue weighted by atomic mass is 127. The maximum Gasteiger partial charge on any atom is 0.275 e. The molecule has 0 atom stereocenters. The number of carbonyl (C=O) groups excluding carboxylic acids is 1. The molecule has 0 bridgehead atoms. The van der Waals surface area contributed by atoms with Crippen molar-refractivity contribution in [2.24, 2.45) is 0 Å². The molecule has 0 unspecified atom stereocenters. The fraction of sp³-hybridized carbons (Fsp3) is 0. The van der Waals surface area contributed by atoms with Gasteiger partial charge in [0.1, 0.15) is 11.5 Å². The van der Waals surface area contributed by atoms with E-state index >= 15 is 0 Å². The lowest BCUT2D eigenvalue weighted by molar-refractivity contribution is 0.102. The van der Waals surface area contributed by atoms with E-state index in [1.807, 2.05) is 24.3 Å². The Bertz CT molecular complexity index is 559. The maximum atomic E-state index is 11.8. The van der Waals surface area contributed by atoms with Gasteiger partial charge < -0.3 is 11.1 Å². The molecule has 2 aromatic rings. The van der Waals surface area contributed by atoms with Gasteiger partial charge in [-0.05, 0) is 34.7 Å². The average molecular weight is 340 g/mol. The summed E-state index contributed by atoms with van der Waals surface area (Å²) in [4.78, 5) is 19.6. The minimum absolute atomic E-state index is 0.199. The van der Waals surface area contributed by atoms with Gasteiger partial charge >= 0.3 is 0 Å². The summed E-state index contributed by atoms with van der Waals surface area (Å²) in [5, 5.41) is 2.75. The van der Waals surface area contributed by atoms with E-state index in [0.717, 1.165) is 9.26 Å². The van der Waals surface area contributed by atoms with E-state index in [1.54, 1.807) is 0 Å². The molecule has 0 aliphatic heterocycles. The first-order valence-corrected chi connectivity index (χ1v) is 5.88. The number of para-hydroxylation sites is 1. The van der Waals surface area contributed by atoms with Crippen LogP contribution in [-0.4, -0.2) is 15.9 Å². The number of hydrogen-bond donors (Lipinski definition) is 2. The van der Waals surface area contributed by atoms with Crippen molar-refractivity contribution in [2.45, 2.75) is 0 Å². The summed E-state index contributed by atoms with van der Waals surface area (Å²) in [6, 6.07) is 7.47. The number of halogens is 1. The summed E-state index contributed by atoms with van der Waals surface area (Å²) >= 11 is 2.14. The van der Waals surface area contributed by atoms with Gasteiger partial charge in [-0.15, -0.1) is 0 Å². The van der Waals surface area contributed by atoms with Gasteiger partial charge in [0.2, 0.25) is 0 Å². The molecule has 17 heavy (non-hydrogen) atoms. The Morgan fingerprint density at radius 3 is 2.76 bits per heavy atom. The standard InChI is InChI=1S/C11H9IN4O/c12-7-3-1-2-4-8(7)16-11(17)9-5-14-6-10(13)15-9/h1-6H,(H2,13,15)(H,16,17). The molecule has 3 N–H and O–H groups in total. The van der Waals surface area contributed by atoms with Crippen molar-refractivity contribution in [2.75, 3.05) is 11.1 Å². The van der Waals surface area contributed by atoms with E-state index in [9.17, 15) is 4.79 Å². The largest absolute Gasteiger partial charge is 0.382 e. The number of anilines is 2.